The van der Waals surface area contributed by atoms with Gasteiger partial charge in [0.05, 0.1) is 5.56 Å². The lowest BCUT2D eigenvalue weighted by molar-refractivity contribution is 0.0588. The van der Waals surface area contributed by atoms with Crippen molar-refractivity contribution in [1.29, 1.82) is 0 Å². The minimum Gasteiger partial charge on any atom is -0.478 e. The number of likely N-dealkylation sites (tertiary alicyclic amines) is 1. The first-order valence-corrected chi connectivity index (χ1v) is 10.2. The summed E-state index contributed by atoms with van der Waals surface area (Å²) < 4.78 is 7.01. The summed E-state index contributed by atoms with van der Waals surface area (Å²) in [6, 6.07) is 10.1. The highest BCUT2D eigenvalue weighted by atomic mass is 16.4. The molecule has 0 spiro atoms. The summed E-state index contributed by atoms with van der Waals surface area (Å²) in [6.07, 6.45) is 2.31. The molecule has 1 fully saturated rings. The molecule has 3 aromatic rings. The van der Waals surface area contributed by atoms with E-state index in [1.807, 2.05) is 10.6 Å². The molecule has 2 aliphatic heterocycles. The Morgan fingerprint density at radius 2 is 1.87 bits per heavy atom. The average molecular weight is 419 g/mol. The molecule has 4 heterocycles. The summed E-state index contributed by atoms with van der Waals surface area (Å²) in [6.45, 7) is 3.38. The van der Waals surface area contributed by atoms with Crippen LogP contribution in [0.2, 0.25) is 0 Å². The van der Waals surface area contributed by atoms with Crippen molar-refractivity contribution in [3.8, 4) is 11.1 Å². The van der Waals surface area contributed by atoms with Gasteiger partial charge in [-0.2, -0.15) is 0 Å². The number of hydrogen-bond donors (Lipinski definition) is 1. The van der Waals surface area contributed by atoms with Gasteiger partial charge in [-0.3, -0.25) is 9.59 Å². The molecule has 2 aliphatic rings. The summed E-state index contributed by atoms with van der Waals surface area (Å²) in [5.41, 5.74) is 2.89. The van der Waals surface area contributed by atoms with Crippen molar-refractivity contribution in [1.82, 2.24) is 14.5 Å². The first kappa shape index (κ1) is 19.3. The number of carboxylic acid groups (broad SMARTS) is 1. The zero-order valence-corrected chi connectivity index (χ0v) is 16.9. The average Bonchev–Trinajstić information content (AvgIpc) is 3.20. The number of carbonyl (C=O) groups is 2. The molecular formula is C23H21N3O5. The molecule has 2 aromatic heterocycles. The van der Waals surface area contributed by atoms with Crippen LogP contribution in [0.3, 0.4) is 0 Å². The molecule has 8 nitrogen and oxygen atoms in total. The second-order valence-electron chi connectivity index (χ2n) is 8.26. The molecule has 1 aromatic carbocycles. The second kappa shape index (κ2) is 7.23. The minimum absolute atomic E-state index is 0.0513. The number of pyridine rings is 1. The quantitative estimate of drug-likeness (QED) is 0.700. The number of aromatic carboxylic acids is 1. The Hall–Kier alpha value is -3.68. The van der Waals surface area contributed by atoms with E-state index in [0.29, 0.717) is 31.2 Å². The summed E-state index contributed by atoms with van der Waals surface area (Å²) in [7, 11) is 0. The molecule has 5 rings (SSSR count). The normalized spacial score (nSPS) is 19.7. The van der Waals surface area contributed by atoms with Crippen LogP contribution in [0.1, 0.15) is 44.8 Å². The Kier molecular flexibility index (Phi) is 4.50. The number of aromatic nitrogens is 2. The molecule has 2 bridgehead atoms. The van der Waals surface area contributed by atoms with E-state index in [4.69, 9.17) is 9.52 Å². The minimum atomic E-state index is -0.989. The van der Waals surface area contributed by atoms with Gasteiger partial charge in [-0.1, -0.05) is 12.1 Å². The van der Waals surface area contributed by atoms with Gasteiger partial charge in [0.15, 0.2) is 11.6 Å². The third-order valence-corrected chi connectivity index (χ3v) is 6.15. The fourth-order valence-corrected chi connectivity index (χ4v) is 4.72. The van der Waals surface area contributed by atoms with Gasteiger partial charge in [-0.05, 0) is 41.7 Å². The smallest absolute Gasteiger partial charge is 0.335 e. The third kappa shape index (κ3) is 3.43. The van der Waals surface area contributed by atoms with Crippen LogP contribution < -0.4 is 5.56 Å². The lowest BCUT2D eigenvalue weighted by Gasteiger charge is -2.42. The van der Waals surface area contributed by atoms with Crippen molar-refractivity contribution in [3.63, 3.8) is 0 Å². The topological polar surface area (TPSA) is 106 Å². The van der Waals surface area contributed by atoms with E-state index in [0.717, 1.165) is 23.2 Å². The van der Waals surface area contributed by atoms with Crippen LogP contribution >= 0.6 is 0 Å². The molecule has 0 aliphatic carbocycles. The molecule has 0 saturated carbocycles. The van der Waals surface area contributed by atoms with E-state index in [-0.39, 0.29) is 28.9 Å². The first-order chi connectivity index (χ1) is 14.9. The lowest BCUT2D eigenvalue weighted by atomic mass is 9.82. The summed E-state index contributed by atoms with van der Waals surface area (Å²) in [5.74, 6) is -0.423. The highest BCUT2D eigenvalue weighted by molar-refractivity contribution is 5.92. The van der Waals surface area contributed by atoms with Crippen LogP contribution in [0.5, 0.6) is 0 Å². The van der Waals surface area contributed by atoms with E-state index in [9.17, 15) is 14.4 Å². The van der Waals surface area contributed by atoms with E-state index >= 15 is 0 Å². The molecule has 0 unspecified atom stereocenters. The number of carboxylic acids is 1. The van der Waals surface area contributed by atoms with Crippen LogP contribution in [-0.4, -0.2) is 44.5 Å². The fourth-order valence-electron chi connectivity index (χ4n) is 4.72. The number of hydrogen-bond acceptors (Lipinski definition) is 5. The lowest BCUT2D eigenvalue weighted by Crippen LogP contribution is -2.49. The van der Waals surface area contributed by atoms with E-state index in [1.165, 1.54) is 18.4 Å². The van der Waals surface area contributed by atoms with Crippen molar-refractivity contribution in [2.45, 2.75) is 25.8 Å². The number of fused-ring (bicyclic) bond motifs is 4. The summed E-state index contributed by atoms with van der Waals surface area (Å²) in [5, 5.41) is 9.10. The SMILES string of the molecule is Cc1nc(C(=O)N2C[C@@H]3C[C@H](C2)c2cc(-c4ccc(C(=O)O)cc4)cc(=O)n2C3)co1. The Morgan fingerprint density at radius 3 is 2.55 bits per heavy atom. The van der Waals surface area contributed by atoms with Crippen LogP contribution in [0.4, 0.5) is 0 Å². The van der Waals surface area contributed by atoms with Crippen molar-refractivity contribution >= 4 is 11.9 Å². The third-order valence-electron chi connectivity index (χ3n) is 6.15. The van der Waals surface area contributed by atoms with Crippen molar-refractivity contribution in [2.75, 3.05) is 13.1 Å². The Morgan fingerprint density at radius 1 is 1.10 bits per heavy atom. The van der Waals surface area contributed by atoms with Crippen LogP contribution in [0.25, 0.3) is 11.1 Å². The number of benzene rings is 1. The van der Waals surface area contributed by atoms with E-state index in [2.05, 4.69) is 4.98 Å². The number of amides is 1. The predicted octanol–water partition coefficient (Wildman–Crippen LogP) is 2.77. The summed E-state index contributed by atoms with van der Waals surface area (Å²) >= 11 is 0. The number of rotatable bonds is 3. The van der Waals surface area contributed by atoms with Gasteiger partial charge in [0.25, 0.3) is 11.5 Å². The molecule has 1 saturated heterocycles. The van der Waals surface area contributed by atoms with Gasteiger partial charge in [0, 0.05) is 44.2 Å². The molecule has 8 heteroatoms. The Balaban J connectivity index is 1.47. The van der Waals surface area contributed by atoms with Crippen LogP contribution in [0.15, 0.2) is 51.9 Å². The number of oxazole rings is 1. The number of nitrogens with zero attached hydrogens (tertiary/aromatic N) is 3. The van der Waals surface area contributed by atoms with Gasteiger partial charge < -0.3 is 19.0 Å². The molecular weight excluding hydrogens is 398 g/mol. The predicted molar refractivity (Wildman–Crippen MR) is 111 cm³/mol. The highest BCUT2D eigenvalue weighted by Gasteiger charge is 2.37. The van der Waals surface area contributed by atoms with Crippen molar-refractivity contribution < 1.29 is 19.1 Å². The monoisotopic (exact) mass is 419 g/mol. The van der Waals surface area contributed by atoms with Gasteiger partial charge in [-0.25, -0.2) is 9.78 Å². The van der Waals surface area contributed by atoms with Gasteiger partial charge in [0.2, 0.25) is 0 Å². The van der Waals surface area contributed by atoms with E-state index < -0.39 is 5.97 Å². The Labute approximate surface area is 177 Å². The van der Waals surface area contributed by atoms with Gasteiger partial charge in [-0.15, -0.1) is 0 Å². The second-order valence-corrected chi connectivity index (χ2v) is 8.26. The van der Waals surface area contributed by atoms with Crippen molar-refractivity contribution in [3.05, 3.63) is 75.9 Å². The maximum Gasteiger partial charge on any atom is 0.335 e. The molecule has 158 valence electrons. The fraction of sp³-hybridized carbons (Fsp3) is 0.304. The van der Waals surface area contributed by atoms with Crippen molar-refractivity contribution in [2.24, 2.45) is 5.92 Å². The molecule has 1 amide bonds. The maximum absolute atomic E-state index is 12.9. The zero-order valence-electron chi connectivity index (χ0n) is 16.9. The maximum atomic E-state index is 12.9. The first-order valence-electron chi connectivity index (χ1n) is 10.2. The molecule has 2 atom stereocenters. The van der Waals surface area contributed by atoms with Crippen LogP contribution in [-0.2, 0) is 6.54 Å². The number of carbonyl (C=O) groups excluding carboxylic acids is 1. The highest BCUT2D eigenvalue weighted by Crippen LogP contribution is 2.37. The molecule has 0 radical (unpaired) electrons. The zero-order chi connectivity index (χ0) is 21.7. The Bertz CT molecular complexity index is 1240. The number of aryl methyl sites for hydroxylation is 1. The van der Waals surface area contributed by atoms with Crippen LogP contribution in [0, 0.1) is 12.8 Å². The van der Waals surface area contributed by atoms with E-state index in [1.54, 1.807) is 30.0 Å². The number of piperidine rings is 1. The standard InChI is InChI=1S/C23H21N3O5/c1-13-24-19(12-31-13)22(28)25-9-14-6-18(11-25)20-7-17(8-21(27)26(20)10-14)15-2-4-16(5-3-15)23(29)30/h2-5,7-8,12,14,18H,6,9-11H2,1H3,(H,29,30)/t14-,18+/m0/s1. The largest absolute Gasteiger partial charge is 0.478 e. The molecule has 1 N–H and O–H groups in total. The van der Waals surface area contributed by atoms with Gasteiger partial charge >= 0.3 is 5.97 Å². The summed E-state index contributed by atoms with van der Waals surface area (Å²) in [4.78, 5) is 42.8. The van der Waals surface area contributed by atoms with Gasteiger partial charge in [0.1, 0.15) is 6.26 Å². The molecule has 31 heavy (non-hydrogen) atoms.